The molecule has 3 aromatic rings. The molecule has 4 rings (SSSR count). The molecule has 1 aliphatic rings. The number of hydrogen-bond acceptors (Lipinski definition) is 5. The number of nitrogens with one attached hydrogen (secondary N) is 1. The van der Waals surface area contributed by atoms with Crippen LogP contribution in [0.15, 0.2) is 35.4 Å². The maximum Gasteiger partial charge on any atom is 0.265 e. The molecule has 31 heavy (non-hydrogen) atoms. The number of halogens is 2. The normalized spacial score (nSPS) is 14.3. The molecule has 7 nitrogen and oxygen atoms in total. The summed E-state index contributed by atoms with van der Waals surface area (Å²) in [5.74, 6) is -0.666. The minimum atomic E-state index is -3.94. The first kappa shape index (κ1) is 21.8. The van der Waals surface area contributed by atoms with Crippen LogP contribution >= 0.6 is 22.9 Å². The van der Waals surface area contributed by atoms with Gasteiger partial charge in [-0.05, 0) is 44.0 Å². The lowest BCUT2D eigenvalue weighted by Gasteiger charge is -2.13. The van der Waals surface area contributed by atoms with Crippen LogP contribution in [-0.2, 0) is 17.1 Å². The Bertz CT molecular complexity index is 1260. The fourth-order valence-electron chi connectivity index (χ4n) is 3.44. The second kappa shape index (κ2) is 8.25. The van der Waals surface area contributed by atoms with Gasteiger partial charge in [0, 0.05) is 26.3 Å². The highest BCUT2D eigenvalue weighted by Crippen LogP contribution is 2.32. The number of anilines is 1. The van der Waals surface area contributed by atoms with Crippen LogP contribution < -0.4 is 4.72 Å². The van der Waals surface area contributed by atoms with E-state index < -0.39 is 15.8 Å². The van der Waals surface area contributed by atoms with Crippen molar-refractivity contribution in [1.82, 2.24) is 14.5 Å². The van der Waals surface area contributed by atoms with E-state index in [4.69, 9.17) is 11.6 Å². The van der Waals surface area contributed by atoms with Gasteiger partial charge < -0.3 is 9.47 Å². The van der Waals surface area contributed by atoms with Crippen molar-refractivity contribution in [3.05, 3.63) is 51.9 Å². The van der Waals surface area contributed by atoms with Gasteiger partial charge in [-0.3, -0.25) is 9.52 Å². The molecule has 2 aromatic heterocycles. The van der Waals surface area contributed by atoms with Gasteiger partial charge in [-0.15, -0.1) is 11.3 Å². The lowest BCUT2D eigenvalue weighted by molar-refractivity contribution is 0.0796. The van der Waals surface area contributed by atoms with Crippen LogP contribution in [0.25, 0.3) is 10.7 Å². The van der Waals surface area contributed by atoms with E-state index in [-0.39, 0.29) is 21.5 Å². The zero-order valence-corrected chi connectivity index (χ0v) is 19.2. The Labute approximate surface area is 188 Å². The minimum Gasteiger partial charge on any atom is -0.347 e. The van der Waals surface area contributed by atoms with Crippen LogP contribution in [0.3, 0.4) is 0 Å². The maximum absolute atomic E-state index is 13.3. The van der Waals surface area contributed by atoms with E-state index in [1.165, 1.54) is 35.7 Å². The second-order valence-electron chi connectivity index (χ2n) is 7.34. The van der Waals surface area contributed by atoms with Gasteiger partial charge in [0.05, 0.1) is 22.1 Å². The summed E-state index contributed by atoms with van der Waals surface area (Å²) in [6, 6.07) is 5.09. The molecule has 0 unspecified atom stereocenters. The summed E-state index contributed by atoms with van der Waals surface area (Å²) in [7, 11) is -2.23. The lowest BCUT2D eigenvalue weighted by atomic mass is 10.3. The molecule has 1 aromatic carbocycles. The molecule has 1 aliphatic heterocycles. The molecule has 0 saturated carbocycles. The number of rotatable bonds is 5. The first-order valence-corrected chi connectivity index (χ1v) is 12.2. The summed E-state index contributed by atoms with van der Waals surface area (Å²) in [4.78, 5) is 19.7. The average molecular weight is 483 g/mol. The number of aromatic nitrogens is 2. The number of carbonyl (C=O) groups excluding carboxylic acids is 1. The first-order valence-electron chi connectivity index (χ1n) is 9.57. The summed E-state index contributed by atoms with van der Waals surface area (Å²) in [5, 5.41) is 0.385. The van der Waals surface area contributed by atoms with Crippen LogP contribution in [0.2, 0.25) is 5.02 Å². The maximum atomic E-state index is 13.3. The van der Waals surface area contributed by atoms with E-state index in [1.54, 1.807) is 18.5 Å². The third-order valence-electron chi connectivity index (χ3n) is 5.07. The van der Waals surface area contributed by atoms with Crippen LogP contribution in [-0.4, -0.2) is 41.9 Å². The van der Waals surface area contributed by atoms with Gasteiger partial charge in [-0.1, -0.05) is 11.6 Å². The summed E-state index contributed by atoms with van der Waals surface area (Å²) in [6.07, 6.45) is 3.46. The van der Waals surface area contributed by atoms with Crippen molar-refractivity contribution in [2.24, 2.45) is 7.05 Å². The van der Waals surface area contributed by atoms with Gasteiger partial charge in [-0.2, -0.15) is 0 Å². The molecule has 164 valence electrons. The van der Waals surface area contributed by atoms with Gasteiger partial charge in [0.15, 0.2) is 0 Å². The topological polar surface area (TPSA) is 84.3 Å². The van der Waals surface area contributed by atoms with Gasteiger partial charge in [0.1, 0.15) is 20.6 Å². The third kappa shape index (κ3) is 4.32. The van der Waals surface area contributed by atoms with E-state index in [1.807, 2.05) is 4.90 Å². The number of aryl methyl sites for hydroxylation is 2. The zero-order valence-electron chi connectivity index (χ0n) is 16.9. The number of likely N-dealkylation sites (tertiary alicyclic amines) is 1. The fraction of sp³-hybridized carbons (Fsp3) is 0.300. The molecule has 0 bridgehead atoms. The molecule has 0 atom stereocenters. The minimum absolute atomic E-state index is 0.0192. The van der Waals surface area contributed by atoms with Crippen molar-refractivity contribution < 1.29 is 17.6 Å². The van der Waals surface area contributed by atoms with Gasteiger partial charge in [0.2, 0.25) is 0 Å². The Kier molecular flexibility index (Phi) is 5.80. The molecule has 1 fully saturated rings. The standard InChI is InChI=1S/C20H20ClFN4O3S2/c1-12-18(20(27)26-7-3-4-8-26)30-19(23-12)17-10-14(11-25(17)2)31(28,29)24-13-5-6-16(22)15(21)9-13/h5-6,9-11,24H,3-4,7-8H2,1-2H3. The molecule has 1 N–H and O–H groups in total. The molecular weight excluding hydrogens is 463 g/mol. The van der Waals surface area contributed by atoms with E-state index in [9.17, 15) is 17.6 Å². The SMILES string of the molecule is Cc1nc(-c2cc(S(=O)(=O)Nc3ccc(F)c(Cl)c3)cn2C)sc1C(=O)N1CCCC1. The predicted octanol–water partition coefficient (Wildman–Crippen LogP) is 4.29. The molecular formula is C20H20ClFN4O3S2. The highest BCUT2D eigenvalue weighted by atomic mass is 35.5. The highest BCUT2D eigenvalue weighted by molar-refractivity contribution is 7.92. The Balaban J connectivity index is 1.62. The van der Waals surface area contributed by atoms with Gasteiger partial charge >= 0.3 is 0 Å². The number of thiazole rings is 1. The van der Waals surface area contributed by atoms with Crippen molar-refractivity contribution in [2.75, 3.05) is 17.8 Å². The number of sulfonamides is 1. The van der Waals surface area contributed by atoms with Crippen LogP contribution in [0.1, 0.15) is 28.2 Å². The molecule has 0 radical (unpaired) electrons. The quantitative estimate of drug-likeness (QED) is 0.588. The molecule has 11 heteroatoms. The average Bonchev–Trinajstić information content (AvgIpc) is 3.44. The highest BCUT2D eigenvalue weighted by Gasteiger charge is 2.26. The Morgan fingerprint density at radius 2 is 1.97 bits per heavy atom. The Morgan fingerprint density at radius 3 is 2.65 bits per heavy atom. The smallest absolute Gasteiger partial charge is 0.265 e. The van der Waals surface area contributed by atoms with Crippen molar-refractivity contribution >= 4 is 44.6 Å². The Hall–Kier alpha value is -2.43. The number of amides is 1. The van der Waals surface area contributed by atoms with Gasteiger partial charge in [0.25, 0.3) is 15.9 Å². The van der Waals surface area contributed by atoms with Crippen LogP contribution in [0, 0.1) is 12.7 Å². The number of carbonyl (C=O) groups is 1. The molecule has 1 saturated heterocycles. The summed E-state index contributed by atoms with van der Waals surface area (Å²) in [6.45, 7) is 3.28. The zero-order chi connectivity index (χ0) is 22.3. The number of hydrogen-bond donors (Lipinski definition) is 1. The monoisotopic (exact) mass is 482 g/mol. The summed E-state index contributed by atoms with van der Waals surface area (Å²) in [5.41, 5.74) is 1.35. The molecule has 3 heterocycles. The van der Waals surface area contributed by atoms with Crippen LogP contribution in [0.4, 0.5) is 10.1 Å². The summed E-state index contributed by atoms with van der Waals surface area (Å²) >= 11 is 6.99. The van der Waals surface area contributed by atoms with Crippen molar-refractivity contribution in [3.63, 3.8) is 0 Å². The number of nitrogens with zero attached hydrogens (tertiary/aromatic N) is 3. The van der Waals surface area contributed by atoms with Crippen molar-refractivity contribution in [2.45, 2.75) is 24.7 Å². The Morgan fingerprint density at radius 1 is 1.26 bits per heavy atom. The molecule has 0 aliphatic carbocycles. The van der Waals surface area contributed by atoms with Crippen molar-refractivity contribution in [3.8, 4) is 10.7 Å². The van der Waals surface area contributed by atoms with Crippen molar-refractivity contribution in [1.29, 1.82) is 0 Å². The van der Waals surface area contributed by atoms with E-state index >= 15 is 0 Å². The lowest BCUT2D eigenvalue weighted by Crippen LogP contribution is -2.27. The molecule has 1 amide bonds. The largest absolute Gasteiger partial charge is 0.347 e. The fourth-order valence-corrected chi connectivity index (χ4v) is 5.83. The van der Waals surface area contributed by atoms with E-state index in [2.05, 4.69) is 9.71 Å². The molecule has 0 spiro atoms. The second-order valence-corrected chi connectivity index (χ2v) is 10.4. The summed E-state index contributed by atoms with van der Waals surface area (Å²) < 4.78 is 43.0. The van der Waals surface area contributed by atoms with Crippen LogP contribution in [0.5, 0.6) is 0 Å². The number of benzene rings is 1. The third-order valence-corrected chi connectivity index (χ3v) is 7.87. The van der Waals surface area contributed by atoms with E-state index in [0.29, 0.717) is 21.3 Å². The predicted molar refractivity (Wildman–Crippen MR) is 119 cm³/mol. The van der Waals surface area contributed by atoms with Gasteiger partial charge in [-0.25, -0.2) is 17.8 Å². The van der Waals surface area contributed by atoms with E-state index in [0.717, 1.165) is 32.0 Å². The first-order chi connectivity index (χ1) is 14.7.